The maximum absolute atomic E-state index is 5.77. The minimum atomic E-state index is 0.648. The predicted octanol–water partition coefficient (Wildman–Crippen LogP) is 2.66. The number of nitrogen functional groups attached to an aromatic ring is 1. The van der Waals surface area contributed by atoms with E-state index in [1.54, 1.807) is 0 Å². The molecule has 0 aliphatic carbocycles. The van der Waals surface area contributed by atoms with Crippen LogP contribution >= 0.6 is 0 Å². The van der Waals surface area contributed by atoms with Crippen LogP contribution in [0.25, 0.3) is 10.9 Å². The zero-order chi connectivity index (χ0) is 10.8. The number of hydrogen-bond acceptors (Lipinski definition) is 2. The van der Waals surface area contributed by atoms with Gasteiger partial charge in [-0.05, 0) is 24.1 Å². The van der Waals surface area contributed by atoms with Crippen LogP contribution in [0, 0.1) is 5.92 Å². The second-order valence-electron chi connectivity index (χ2n) is 4.16. The van der Waals surface area contributed by atoms with Crippen LogP contribution in [0.4, 0.5) is 5.69 Å². The molecule has 0 saturated carbocycles. The van der Waals surface area contributed by atoms with Crippen molar-refractivity contribution in [2.75, 3.05) is 5.73 Å². The zero-order valence-corrected chi connectivity index (χ0v) is 9.27. The van der Waals surface area contributed by atoms with Crippen molar-refractivity contribution in [2.24, 2.45) is 5.92 Å². The van der Waals surface area contributed by atoms with Gasteiger partial charge in [-0.2, -0.15) is 5.10 Å². The van der Waals surface area contributed by atoms with Gasteiger partial charge >= 0.3 is 0 Å². The molecular weight excluding hydrogens is 186 g/mol. The molecule has 15 heavy (non-hydrogen) atoms. The molecule has 0 aliphatic rings. The summed E-state index contributed by atoms with van der Waals surface area (Å²) in [6.07, 6.45) is 3.07. The maximum atomic E-state index is 5.77. The highest BCUT2D eigenvalue weighted by Gasteiger charge is 2.05. The first kappa shape index (κ1) is 10.0. The first-order valence-corrected chi connectivity index (χ1v) is 5.41. The molecule has 1 aromatic heterocycles. The number of nitrogens with two attached hydrogens (primary N) is 1. The Morgan fingerprint density at radius 2 is 2.27 bits per heavy atom. The molecule has 1 aromatic carbocycles. The summed E-state index contributed by atoms with van der Waals surface area (Å²) in [5, 5.41) is 5.55. The summed E-state index contributed by atoms with van der Waals surface area (Å²) < 4.78 is 2.04. The number of nitrogens with zero attached hydrogens (tertiary/aromatic N) is 2. The van der Waals surface area contributed by atoms with Crippen molar-refractivity contribution >= 4 is 16.6 Å². The van der Waals surface area contributed by atoms with E-state index < -0.39 is 0 Å². The van der Waals surface area contributed by atoms with Crippen molar-refractivity contribution in [1.82, 2.24) is 9.78 Å². The first-order valence-electron chi connectivity index (χ1n) is 5.41. The van der Waals surface area contributed by atoms with E-state index in [0.29, 0.717) is 5.92 Å². The van der Waals surface area contributed by atoms with Gasteiger partial charge in [0.15, 0.2) is 0 Å². The first-order chi connectivity index (χ1) is 7.20. The van der Waals surface area contributed by atoms with Crippen LogP contribution in [-0.2, 0) is 6.54 Å². The summed E-state index contributed by atoms with van der Waals surface area (Å²) >= 11 is 0. The van der Waals surface area contributed by atoms with Crippen LogP contribution in [0.2, 0.25) is 0 Å². The number of rotatable bonds is 3. The Hall–Kier alpha value is -1.51. The number of hydrogen-bond donors (Lipinski definition) is 1. The Labute approximate surface area is 89.9 Å². The molecule has 80 valence electrons. The van der Waals surface area contributed by atoms with Gasteiger partial charge in [-0.1, -0.05) is 20.3 Å². The van der Waals surface area contributed by atoms with Crippen molar-refractivity contribution in [3.05, 3.63) is 24.4 Å². The van der Waals surface area contributed by atoms with E-state index in [4.69, 9.17) is 5.73 Å². The van der Waals surface area contributed by atoms with Gasteiger partial charge < -0.3 is 5.73 Å². The summed E-state index contributed by atoms with van der Waals surface area (Å²) in [5.74, 6) is 0.648. The Morgan fingerprint density at radius 3 is 3.00 bits per heavy atom. The minimum Gasteiger partial charge on any atom is -0.399 e. The molecule has 3 nitrogen and oxygen atoms in total. The molecular formula is C12H17N3. The van der Waals surface area contributed by atoms with Crippen molar-refractivity contribution < 1.29 is 0 Å². The van der Waals surface area contributed by atoms with Crippen LogP contribution in [-0.4, -0.2) is 9.78 Å². The van der Waals surface area contributed by atoms with Crippen LogP contribution in [0.15, 0.2) is 24.4 Å². The van der Waals surface area contributed by atoms with Crippen molar-refractivity contribution in [1.29, 1.82) is 0 Å². The van der Waals surface area contributed by atoms with Crippen molar-refractivity contribution in [3.63, 3.8) is 0 Å². The Kier molecular flexibility index (Phi) is 2.62. The Balaban J connectivity index is 2.39. The van der Waals surface area contributed by atoms with Crippen LogP contribution in [0.5, 0.6) is 0 Å². The third kappa shape index (κ3) is 1.96. The monoisotopic (exact) mass is 203 g/mol. The van der Waals surface area contributed by atoms with Crippen molar-refractivity contribution in [2.45, 2.75) is 26.8 Å². The topological polar surface area (TPSA) is 43.8 Å². The fraction of sp³-hybridized carbons (Fsp3) is 0.417. The highest BCUT2D eigenvalue weighted by Crippen LogP contribution is 2.18. The summed E-state index contributed by atoms with van der Waals surface area (Å²) in [7, 11) is 0. The summed E-state index contributed by atoms with van der Waals surface area (Å²) in [4.78, 5) is 0. The highest BCUT2D eigenvalue weighted by atomic mass is 15.3. The lowest BCUT2D eigenvalue weighted by atomic mass is 10.1. The molecule has 0 fully saturated rings. The molecule has 2 aromatic rings. The summed E-state index contributed by atoms with van der Waals surface area (Å²) in [5.41, 5.74) is 7.71. The van der Waals surface area contributed by atoms with E-state index >= 15 is 0 Å². The van der Waals surface area contributed by atoms with E-state index in [9.17, 15) is 0 Å². The number of benzene rings is 1. The van der Waals surface area contributed by atoms with Gasteiger partial charge in [-0.3, -0.25) is 4.68 Å². The van der Waals surface area contributed by atoms with Crippen LogP contribution in [0.1, 0.15) is 20.3 Å². The maximum Gasteiger partial charge on any atom is 0.0702 e. The minimum absolute atomic E-state index is 0.648. The molecule has 3 heteroatoms. The van der Waals surface area contributed by atoms with E-state index in [-0.39, 0.29) is 0 Å². The second kappa shape index (κ2) is 3.93. The number of anilines is 1. The lowest BCUT2D eigenvalue weighted by Crippen LogP contribution is -2.07. The van der Waals surface area contributed by atoms with Gasteiger partial charge in [0.05, 0.1) is 11.7 Å². The summed E-state index contributed by atoms with van der Waals surface area (Å²) in [6.45, 7) is 5.40. The molecule has 0 saturated heterocycles. The fourth-order valence-electron chi connectivity index (χ4n) is 1.66. The SMILES string of the molecule is CC[C@@H](C)Cn1ncc2ccc(N)cc21. The molecule has 0 amide bonds. The van der Waals surface area contributed by atoms with Gasteiger partial charge in [0.2, 0.25) is 0 Å². The third-order valence-electron chi connectivity index (χ3n) is 2.85. The highest BCUT2D eigenvalue weighted by molar-refractivity contribution is 5.81. The lowest BCUT2D eigenvalue weighted by molar-refractivity contribution is 0.448. The molecule has 1 atom stereocenters. The van der Waals surface area contributed by atoms with Gasteiger partial charge in [-0.15, -0.1) is 0 Å². The third-order valence-corrected chi connectivity index (χ3v) is 2.85. The smallest absolute Gasteiger partial charge is 0.0702 e. The van der Waals surface area contributed by atoms with E-state index in [1.807, 2.05) is 29.1 Å². The van der Waals surface area contributed by atoms with Crippen LogP contribution < -0.4 is 5.73 Å². The van der Waals surface area contributed by atoms with Crippen molar-refractivity contribution in [3.8, 4) is 0 Å². The molecule has 0 radical (unpaired) electrons. The molecule has 0 aliphatic heterocycles. The predicted molar refractivity (Wildman–Crippen MR) is 63.6 cm³/mol. The van der Waals surface area contributed by atoms with Crippen LogP contribution in [0.3, 0.4) is 0 Å². The Bertz CT molecular complexity index is 459. The van der Waals surface area contributed by atoms with Gasteiger partial charge in [0, 0.05) is 17.6 Å². The molecule has 1 heterocycles. The zero-order valence-electron chi connectivity index (χ0n) is 9.27. The van der Waals surface area contributed by atoms with Gasteiger partial charge in [-0.25, -0.2) is 0 Å². The molecule has 0 bridgehead atoms. The normalized spacial score (nSPS) is 13.2. The molecule has 0 spiro atoms. The second-order valence-corrected chi connectivity index (χ2v) is 4.16. The van der Waals surface area contributed by atoms with E-state index in [2.05, 4.69) is 18.9 Å². The summed E-state index contributed by atoms with van der Waals surface area (Å²) in [6, 6.07) is 5.92. The number of fused-ring (bicyclic) bond motifs is 1. The molecule has 0 unspecified atom stereocenters. The number of aromatic nitrogens is 2. The standard InChI is InChI=1S/C12H17N3/c1-3-9(2)8-15-12-6-11(13)5-4-10(12)7-14-15/h4-7,9H,3,8,13H2,1-2H3/t9-/m1/s1. The average Bonchev–Trinajstić information content (AvgIpc) is 2.61. The average molecular weight is 203 g/mol. The quantitative estimate of drug-likeness (QED) is 0.779. The molecule has 2 N–H and O–H groups in total. The van der Waals surface area contributed by atoms with E-state index in [1.165, 1.54) is 6.42 Å². The lowest BCUT2D eigenvalue weighted by Gasteiger charge is -2.09. The Morgan fingerprint density at radius 1 is 1.47 bits per heavy atom. The van der Waals surface area contributed by atoms with Gasteiger partial charge in [0.1, 0.15) is 0 Å². The molecule has 2 rings (SSSR count). The largest absolute Gasteiger partial charge is 0.399 e. The van der Waals surface area contributed by atoms with E-state index in [0.717, 1.165) is 23.1 Å². The fourth-order valence-corrected chi connectivity index (χ4v) is 1.66. The van der Waals surface area contributed by atoms with Gasteiger partial charge in [0.25, 0.3) is 0 Å².